The molecule has 126 valence electrons. The standard InChI is InChI=1S/C19H23N3O2/c1-13(23)21-9-11-22(12-10-21)19(24)16-7-4-6-15-14-5-2-3-8-17(14)20-18(15)16/h2-3,5,8,16,20H,4,6-7,9-12H2,1H3/t16-/m0/s1. The fourth-order valence-electron chi connectivity index (χ4n) is 4.12. The first-order valence-electron chi connectivity index (χ1n) is 8.79. The van der Waals surface area contributed by atoms with Crippen molar-refractivity contribution >= 4 is 22.7 Å². The first-order chi connectivity index (χ1) is 11.6. The molecule has 1 aliphatic carbocycles. The Balaban J connectivity index is 1.58. The third-order valence-electron chi connectivity index (χ3n) is 5.45. The molecule has 24 heavy (non-hydrogen) atoms. The predicted molar refractivity (Wildman–Crippen MR) is 92.8 cm³/mol. The molecule has 2 aliphatic rings. The SMILES string of the molecule is CC(=O)N1CCN(C(=O)[C@H]2CCCc3c2[nH]c2ccccc32)CC1. The average Bonchev–Trinajstić information content (AvgIpc) is 3.00. The number of para-hydroxylation sites is 1. The Morgan fingerprint density at radius 1 is 1.08 bits per heavy atom. The van der Waals surface area contributed by atoms with Gasteiger partial charge in [0.15, 0.2) is 0 Å². The monoisotopic (exact) mass is 325 g/mol. The minimum Gasteiger partial charge on any atom is -0.357 e. The van der Waals surface area contributed by atoms with E-state index in [1.165, 1.54) is 10.9 Å². The normalized spacial score (nSPS) is 21.0. The highest BCUT2D eigenvalue weighted by molar-refractivity contribution is 5.90. The summed E-state index contributed by atoms with van der Waals surface area (Å²) in [6, 6.07) is 8.31. The van der Waals surface area contributed by atoms with E-state index in [0.29, 0.717) is 26.2 Å². The number of hydrogen-bond acceptors (Lipinski definition) is 2. The summed E-state index contributed by atoms with van der Waals surface area (Å²) in [5.41, 5.74) is 3.56. The second kappa shape index (κ2) is 5.96. The first-order valence-corrected chi connectivity index (χ1v) is 8.79. The van der Waals surface area contributed by atoms with Crippen LogP contribution in [0.5, 0.6) is 0 Å². The largest absolute Gasteiger partial charge is 0.357 e. The third-order valence-corrected chi connectivity index (χ3v) is 5.45. The van der Waals surface area contributed by atoms with Gasteiger partial charge in [0.2, 0.25) is 11.8 Å². The van der Waals surface area contributed by atoms with E-state index in [0.717, 1.165) is 30.5 Å². The summed E-state index contributed by atoms with van der Waals surface area (Å²) in [4.78, 5) is 31.8. The van der Waals surface area contributed by atoms with Crippen LogP contribution in [0.3, 0.4) is 0 Å². The number of aromatic amines is 1. The Kier molecular flexibility index (Phi) is 3.79. The van der Waals surface area contributed by atoms with Crippen LogP contribution in [0.2, 0.25) is 0 Å². The summed E-state index contributed by atoms with van der Waals surface area (Å²) in [5, 5.41) is 1.26. The second-order valence-corrected chi connectivity index (χ2v) is 6.84. The highest BCUT2D eigenvalue weighted by atomic mass is 16.2. The van der Waals surface area contributed by atoms with E-state index in [1.54, 1.807) is 6.92 Å². The number of carbonyl (C=O) groups excluding carboxylic acids is 2. The van der Waals surface area contributed by atoms with Crippen LogP contribution in [0.15, 0.2) is 24.3 Å². The quantitative estimate of drug-likeness (QED) is 0.874. The molecule has 0 spiro atoms. The number of aryl methyl sites for hydroxylation is 1. The summed E-state index contributed by atoms with van der Waals surface area (Å²) < 4.78 is 0. The Morgan fingerprint density at radius 3 is 2.54 bits per heavy atom. The van der Waals surface area contributed by atoms with Gasteiger partial charge in [-0.15, -0.1) is 0 Å². The van der Waals surface area contributed by atoms with E-state index in [2.05, 4.69) is 23.2 Å². The van der Waals surface area contributed by atoms with Gasteiger partial charge in [0.05, 0.1) is 5.92 Å². The topological polar surface area (TPSA) is 56.4 Å². The Hall–Kier alpha value is -2.30. The number of rotatable bonds is 1. The van der Waals surface area contributed by atoms with Crippen LogP contribution in [0.1, 0.15) is 36.9 Å². The van der Waals surface area contributed by atoms with Crippen LogP contribution in [0.4, 0.5) is 0 Å². The highest BCUT2D eigenvalue weighted by Crippen LogP contribution is 2.37. The van der Waals surface area contributed by atoms with E-state index in [-0.39, 0.29) is 17.7 Å². The van der Waals surface area contributed by atoms with E-state index >= 15 is 0 Å². The molecule has 0 saturated carbocycles. The van der Waals surface area contributed by atoms with Crippen LogP contribution in [-0.4, -0.2) is 52.8 Å². The Morgan fingerprint density at radius 2 is 1.79 bits per heavy atom. The maximum atomic E-state index is 13.1. The molecular weight excluding hydrogens is 302 g/mol. The number of aromatic nitrogens is 1. The van der Waals surface area contributed by atoms with Crippen molar-refractivity contribution in [3.05, 3.63) is 35.5 Å². The van der Waals surface area contributed by atoms with Gasteiger partial charge in [-0.2, -0.15) is 0 Å². The first kappa shape index (κ1) is 15.2. The molecule has 1 atom stereocenters. The minimum atomic E-state index is -0.0648. The van der Waals surface area contributed by atoms with Crippen molar-refractivity contribution in [1.82, 2.24) is 14.8 Å². The lowest BCUT2D eigenvalue weighted by atomic mass is 9.85. The molecule has 5 nitrogen and oxygen atoms in total. The fraction of sp³-hybridized carbons (Fsp3) is 0.474. The zero-order chi connectivity index (χ0) is 16.7. The number of nitrogens with one attached hydrogen (secondary N) is 1. The lowest BCUT2D eigenvalue weighted by molar-refractivity contribution is -0.139. The zero-order valence-corrected chi connectivity index (χ0v) is 14.0. The van der Waals surface area contributed by atoms with Crippen LogP contribution in [0.25, 0.3) is 10.9 Å². The number of nitrogens with zero attached hydrogens (tertiary/aromatic N) is 2. The maximum absolute atomic E-state index is 13.1. The van der Waals surface area contributed by atoms with E-state index < -0.39 is 0 Å². The van der Waals surface area contributed by atoms with Crippen LogP contribution in [0, 0.1) is 0 Å². The lowest BCUT2D eigenvalue weighted by Crippen LogP contribution is -2.51. The van der Waals surface area contributed by atoms with Crippen molar-refractivity contribution in [2.75, 3.05) is 26.2 Å². The third kappa shape index (κ3) is 2.48. The van der Waals surface area contributed by atoms with Gasteiger partial charge in [-0.25, -0.2) is 0 Å². The van der Waals surface area contributed by atoms with Crippen molar-refractivity contribution in [1.29, 1.82) is 0 Å². The van der Waals surface area contributed by atoms with E-state index in [1.807, 2.05) is 15.9 Å². The van der Waals surface area contributed by atoms with Crippen molar-refractivity contribution in [3.8, 4) is 0 Å². The number of benzene rings is 1. The van der Waals surface area contributed by atoms with Crippen LogP contribution < -0.4 is 0 Å². The lowest BCUT2D eigenvalue weighted by Gasteiger charge is -2.36. The molecule has 1 saturated heterocycles. The summed E-state index contributed by atoms with van der Waals surface area (Å²) >= 11 is 0. The van der Waals surface area contributed by atoms with Crippen molar-refractivity contribution in [2.24, 2.45) is 0 Å². The molecule has 5 heteroatoms. The van der Waals surface area contributed by atoms with Crippen LogP contribution in [-0.2, 0) is 16.0 Å². The minimum absolute atomic E-state index is 0.0648. The number of carbonyl (C=O) groups is 2. The van der Waals surface area contributed by atoms with Gasteiger partial charge in [0.1, 0.15) is 0 Å². The van der Waals surface area contributed by atoms with Crippen molar-refractivity contribution in [3.63, 3.8) is 0 Å². The highest BCUT2D eigenvalue weighted by Gasteiger charge is 2.33. The molecule has 1 aromatic heterocycles. The molecule has 2 heterocycles. The van der Waals surface area contributed by atoms with Gasteiger partial charge in [0.25, 0.3) is 0 Å². The van der Waals surface area contributed by atoms with Gasteiger partial charge in [-0.1, -0.05) is 18.2 Å². The molecule has 0 unspecified atom stereocenters. The van der Waals surface area contributed by atoms with Crippen molar-refractivity contribution in [2.45, 2.75) is 32.1 Å². The molecule has 1 fully saturated rings. The van der Waals surface area contributed by atoms with Crippen LogP contribution >= 0.6 is 0 Å². The molecular formula is C19H23N3O2. The number of hydrogen-bond donors (Lipinski definition) is 1. The van der Waals surface area contributed by atoms with Gasteiger partial charge < -0.3 is 14.8 Å². The molecule has 1 aromatic carbocycles. The summed E-state index contributed by atoms with van der Waals surface area (Å²) in [5.74, 6) is 0.244. The predicted octanol–water partition coefficient (Wildman–Crippen LogP) is 2.28. The molecule has 2 amide bonds. The van der Waals surface area contributed by atoms with Gasteiger partial charge >= 0.3 is 0 Å². The number of amides is 2. The fourth-order valence-corrected chi connectivity index (χ4v) is 4.12. The Bertz CT molecular complexity index is 787. The van der Waals surface area contributed by atoms with E-state index in [9.17, 15) is 9.59 Å². The molecule has 0 bridgehead atoms. The smallest absolute Gasteiger partial charge is 0.231 e. The number of piperazine rings is 1. The number of fused-ring (bicyclic) bond motifs is 3. The maximum Gasteiger partial charge on any atom is 0.231 e. The summed E-state index contributed by atoms with van der Waals surface area (Å²) in [6.07, 6.45) is 3.01. The summed E-state index contributed by atoms with van der Waals surface area (Å²) in [6.45, 7) is 4.17. The molecule has 4 rings (SSSR count). The number of H-pyrrole nitrogens is 1. The summed E-state index contributed by atoms with van der Waals surface area (Å²) in [7, 11) is 0. The molecule has 0 radical (unpaired) electrons. The molecule has 2 aromatic rings. The van der Waals surface area contributed by atoms with E-state index in [4.69, 9.17) is 0 Å². The van der Waals surface area contributed by atoms with Crippen molar-refractivity contribution < 1.29 is 9.59 Å². The average molecular weight is 325 g/mol. The second-order valence-electron chi connectivity index (χ2n) is 6.84. The zero-order valence-electron chi connectivity index (χ0n) is 14.0. The molecule has 1 aliphatic heterocycles. The van der Waals surface area contributed by atoms with Gasteiger partial charge in [-0.05, 0) is 30.9 Å². The van der Waals surface area contributed by atoms with Gasteiger partial charge in [-0.3, -0.25) is 9.59 Å². The van der Waals surface area contributed by atoms with Gasteiger partial charge in [0, 0.05) is 49.7 Å². The molecule has 1 N–H and O–H groups in total. The Labute approximate surface area is 141 Å².